The van der Waals surface area contributed by atoms with Gasteiger partial charge in [0.25, 0.3) is 0 Å². The van der Waals surface area contributed by atoms with Crippen LogP contribution < -0.4 is 5.32 Å². The fraction of sp³-hybridized carbons (Fsp3) is 0.529. The van der Waals surface area contributed by atoms with E-state index in [0.29, 0.717) is 23.8 Å². The van der Waals surface area contributed by atoms with Crippen LogP contribution in [-0.4, -0.2) is 67.6 Å². The van der Waals surface area contributed by atoms with Crippen molar-refractivity contribution in [2.45, 2.75) is 6.42 Å². The average molecular weight is 352 g/mol. The first-order chi connectivity index (χ1) is 11.6. The molecule has 0 aromatic heterocycles. The van der Waals surface area contributed by atoms with E-state index in [2.05, 4.69) is 10.2 Å². The minimum absolute atomic E-state index is 0.0505. The Balaban J connectivity index is 1.49. The number of benzene rings is 1. The molecular weight excluding hydrogens is 330 g/mol. The molecule has 130 valence electrons. The zero-order chi connectivity index (χ0) is 16.9. The molecule has 3 rings (SSSR count). The summed E-state index contributed by atoms with van der Waals surface area (Å²) in [7, 11) is 0. The Morgan fingerprint density at radius 2 is 2.08 bits per heavy atom. The zero-order valence-electron chi connectivity index (χ0n) is 13.5. The monoisotopic (exact) mass is 351 g/mol. The Morgan fingerprint density at radius 3 is 2.83 bits per heavy atom. The SMILES string of the molecule is O=C(Nc1cccc(Cl)c1)C1CC(=O)N(CCN2CCOCC2)C1. The number of nitrogens with one attached hydrogen (secondary N) is 1. The smallest absolute Gasteiger partial charge is 0.229 e. The van der Waals surface area contributed by atoms with Gasteiger partial charge in [-0.3, -0.25) is 14.5 Å². The summed E-state index contributed by atoms with van der Waals surface area (Å²) in [5.41, 5.74) is 0.659. The highest BCUT2D eigenvalue weighted by atomic mass is 35.5. The summed E-state index contributed by atoms with van der Waals surface area (Å²) in [6.45, 7) is 5.28. The number of amides is 2. The summed E-state index contributed by atoms with van der Waals surface area (Å²) in [6.07, 6.45) is 0.273. The normalized spacial score (nSPS) is 22.0. The Bertz CT molecular complexity index is 604. The van der Waals surface area contributed by atoms with E-state index >= 15 is 0 Å². The Kier molecular flexibility index (Phi) is 5.71. The number of anilines is 1. The summed E-state index contributed by atoms with van der Waals surface area (Å²) < 4.78 is 5.32. The molecule has 1 aromatic rings. The van der Waals surface area contributed by atoms with Gasteiger partial charge in [0.1, 0.15) is 0 Å². The molecule has 0 saturated carbocycles. The van der Waals surface area contributed by atoms with Gasteiger partial charge >= 0.3 is 0 Å². The third-order valence-corrected chi connectivity index (χ3v) is 4.70. The third-order valence-electron chi connectivity index (χ3n) is 4.47. The fourth-order valence-electron chi connectivity index (χ4n) is 3.06. The molecule has 2 aliphatic rings. The maximum Gasteiger partial charge on any atom is 0.229 e. The first-order valence-corrected chi connectivity index (χ1v) is 8.64. The van der Waals surface area contributed by atoms with E-state index in [1.54, 1.807) is 29.2 Å². The second kappa shape index (κ2) is 7.96. The standard InChI is InChI=1S/C17H22ClN3O3/c18-14-2-1-3-15(11-14)19-17(23)13-10-16(22)21(12-13)5-4-20-6-8-24-9-7-20/h1-3,11,13H,4-10,12H2,(H,19,23). The number of rotatable bonds is 5. The quantitative estimate of drug-likeness (QED) is 0.872. The van der Waals surface area contributed by atoms with Gasteiger partial charge in [0.05, 0.1) is 19.1 Å². The maximum atomic E-state index is 12.4. The maximum absolute atomic E-state index is 12.4. The minimum atomic E-state index is -0.304. The largest absolute Gasteiger partial charge is 0.379 e. The van der Waals surface area contributed by atoms with Gasteiger partial charge in [0.2, 0.25) is 11.8 Å². The number of morpholine rings is 1. The third kappa shape index (κ3) is 4.47. The molecular formula is C17H22ClN3O3. The van der Waals surface area contributed by atoms with Crippen molar-refractivity contribution in [3.8, 4) is 0 Å². The highest BCUT2D eigenvalue weighted by Gasteiger charge is 2.34. The van der Waals surface area contributed by atoms with Gasteiger partial charge in [0.15, 0.2) is 0 Å². The summed E-state index contributed by atoms with van der Waals surface area (Å²) >= 11 is 5.92. The van der Waals surface area contributed by atoms with E-state index < -0.39 is 0 Å². The van der Waals surface area contributed by atoms with Crippen molar-refractivity contribution in [3.63, 3.8) is 0 Å². The van der Waals surface area contributed by atoms with Crippen LogP contribution in [0.5, 0.6) is 0 Å². The van der Waals surface area contributed by atoms with Crippen molar-refractivity contribution in [2.24, 2.45) is 5.92 Å². The lowest BCUT2D eigenvalue weighted by Crippen LogP contribution is -2.42. The highest BCUT2D eigenvalue weighted by molar-refractivity contribution is 6.30. The lowest BCUT2D eigenvalue weighted by atomic mass is 10.1. The van der Waals surface area contributed by atoms with E-state index in [4.69, 9.17) is 16.3 Å². The van der Waals surface area contributed by atoms with Crippen molar-refractivity contribution >= 4 is 29.1 Å². The number of hydrogen-bond donors (Lipinski definition) is 1. The van der Waals surface area contributed by atoms with Crippen molar-refractivity contribution in [3.05, 3.63) is 29.3 Å². The molecule has 2 aliphatic heterocycles. The number of hydrogen-bond acceptors (Lipinski definition) is 4. The van der Waals surface area contributed by atoms with Gasteiger partial charge in [-0.05, 0) is 18.2 Å². The van der Waals surface area contributed by atoms with Gasteiger partial charge in [-0.1, -0.05) is 17.7 Å². The molecule has 1 atom stereocenters. The van der Waals surface area contributed by atoms with E-state index in [1.165, 1.54) is 0 Å². The molecule has 0 aliphatic carbocycles. The first-order valence-electron chi connectivity index (χ1n) is 8.26. The number of likely N-dealkylation sites (tertiary alicyclic amines) is 1. The predicted octanol–water partition coefficient (Wildman–Crippen LogP) is 1.46. The summed E-state index contributed by atoms with van der Waals surface area (Å²) in [4.78, 5) is 28.6. The number of nitrogens with zero attached hydrogens (tertiary/aromatic N) is 2. The van der Waals surface area contributed by atoms with E-state index in [1.807, 2.05) is 0 Å². The van der Waals surface area contributed by atoms with Gasteiger partial charge in [0, 0.05) is 49.9 Å². The van der Waals surface area contributed by atoms with Crippen LogP contribution in [0.15, 0.2) is 24.3 Å². The van der Waals surface area contributed by atoms with Gasteiger partial charge < -0.3 is 15.0 Å². The first kappa shape index (κ1) is 17.2. The molecule has 2 heterocycles. The second-order valence-electron chi connectivity index (χ2n) is 6.19. The Labute approximate surface area is 146 Å². The highest BCUT2D eigenvalue weighted by Crippen LogP contribution is 2.21. The van der Waals surface area contributed by atoms with Crippen LogP contribution in [0.2, 0.25) is 5.02 Å². The Hall–Kier alpha value is -1.63. The van der Waals surface area contributed by atoms with Gasteiger partial charge in [-0.15, -0.1) is 0 Å². The van der Waals surface area contributed by atoms with Crippen LogP contribution in [0, 0.1) is 5.92 Å². The van der Waals surface area contributed by atoms with Crippen LogP contribution >= 0.6 is 11.6 Å². The van der Waals surface area contributed by atoms with Crippen LogP contribution in [0.4, 0.5) is 5.69 Å². The molecule has 2 fully saturated rings. The van der Waals surface area contributed by atoms with Crippen molar-refractivity contribution < 1.29 is 14.3 Å². The predicted molar refractivity (Wildman–Crippen MR) is 92.0 cm³/mol. The van der Waals surface area contributed by atoms with Crippen molar-refractivity contribution in [1.29, 1.82) is 0 Å². The van der Waals surface area contributed by atoms with E-state index in [9.17, 15) is 9.59 Å². The molecule has 7 heteroatoms. The molecule has 2 amide bonds. The van der Waals surface area contributed by atoms with Crippen molar-refractivity contribution in [2.75, 3.05) is 51.3 Å². The lowest BCUT2D eigenvalue weighted by Gasteiger charge is -2.28. The molecule has 0 radical (unpaired) electrons. The molecule has 0 spiro atoms. The number of carbonyl (C=O) groups excluding carboxylic acids is 2. The number of carbonyl (C=O) groups is 2. The van der Waals surface area contributed by atoms with Crippen LogP contribution in [0.25, 0.3) is 0 Å². The minimum Gasteiger partial charge on any atom is -0.379 e. The van der Waals surface area contributed by atoms with E-state index in [0.717, 1.165) is 32.8 Å². The summed E-state index contributed by atoms with van der Waals surface area (Å²) in [6, 6.07) is 7.03. The molecule has 0 bridgehead atoms. The molecule has 24 heavy (non-hydrogen) atoms. The topological polar surface area (TPSA) is 61.9 Å². The second-order valence-corrected chi connectivity index (χ2v) is 6.63. The number of ether oxygens (including phenoxy) is 1. The van der Waals surface area contributed by atoms with Crippen molar-refractivity contribution in [1.82, 2.24) is 9.80 Å². The molecule has 1 unspecified atom stereocenters. The summed E-state index contributed by atoms with van der Waals surface area (Å²) in [5.74, 6) is -0.379. The zero-order valence-corrected chi connectivity index (χ0v) is 14.3. The molecule has 1 N–H and O–H groups in total. The molecule has 1 aromatic carbocycles. The molecule has 6 nitrogen and oxygen atoms in total. The average Bonchev–Trinajstić information content (AvgIpc) is 2.95. The number of halogens is 1. The van der Waals surface area contributed by atoms with Crippen LogP contribution in [0.3, 0.4) is 0 Å². The molecule has 2 saturated heterocycles. The Morgan fingerprint density at radius 1 is 1.29 bits per heavy atom. The van der Waals surface area contributed by atoms with Gasteiger partial charge in [-0.2, -0.15) is 0 Å². The lowest BCUT2D eigenvalue weighted by molar-refractivity contribution is -0.128. The van der Waals surface area contributed by atoms with Crippen LogP contribution in [0.1, 0.15) is 6.42 Å². The fourth-order valence-corrected chi connectivity index (χ4v) is 3.25. The van der Waals surface area contributed by atoms with Crippen LogP contribution in [-0.2, 0) is 14.3 Å². The summed E-state index contributed by atoms with van der Waals surface area (Å²) in [5, 5.41) is 3.41. The van der Waals surface area contributed by atoms with E-state index in [-0.39, 0.29) is 24.2 Å². The van der Waals surface area contributed by atoms with Gasteiger partial charge in [-0.25, -0.2) is 0 Å².